The number of rotatable bonds is 5. The number of para-hydroxylation sites is 2. The SMILES string of the molecule is CCOc1ccc(S(=O)(=O)n2c(C)nc3ccccc32)cc1CC. The van der Waals surface area contributed by atoms with Crippen molar-refractivity contribution in [2.45, 2.75) is 32.1 Å². The van der Waals surface area contributed by atoms with Crippen LogP contribution in [0.2, 0.25) is 0 Å². The van der Waals surface area contributed by atoms with E-state index in [9.17, 15) is 8.42 Å². The van der Waals surface area contributed by atoms with Gasteiger partial charge in [-0.15, -0.1) is 0 Å². The van der Waals surface area contributed by atoms with Crippen molar-refractivity contribution in [1.29, 1.82) is 0 Å². The quantitative estimate of drug-likeness (QED) is 0.710. The smallest absolute Gasteiger partial charge is 0.269 e. The van der Waals surface area contributed by atoms with Crippen LogP contribution in [-0.2, 0) is 16.4 Å². The molecule has 0 aliphatic heterocycles. The van der Waals surface area contributed by atoms with Gasteiger partial charge in [-0.3, -0.25) is 0 Å². The van der Waals surface area contributed by atoms with Gasteiger partial charge in [-0.2, -0.15) is 0 Å². The van der Waals surface area contributed by atoms with Crippen LogP contribution < -0.4 is 4.74 Å². The highest BCUT2D eigenvalue weighted by Crippen LogP contribution is 2.27. The minimum Gasteiger partial charge on any atom is -0.494 e. The molecule has 0 aliphatic rings. The second-order valence-corrected chi connectivity index (χ2v) is 7.26. The van der Waals surface area contributed by atoms with E-state index in [2.05, 4.69) is 4.98 Å². The molecular weight excluding hydrogens is 324 g/mol. The van der Waals surface area contributed by atoms with E-state index in [-0.39, 0.29) is 4.90 Å². The standard InChI is InChI=1S/C18H20N2O3S/c1-4-14-12-15(10-11-18(14)23-5-2)24(21,22)20-13(3)19-16-8-6-7-9-17(16)20/h6-12H,4-5H2,1-3H3. The van der Waals surface area contributed by atoms with Crippen LogP contribution >= 0.6 is 0 Å². The zero-order valence-corrected chi connectivity index (χ0v) is 14.8. The summed E-state index contributed by atoms with van der Waals surface area (Å²) in [6.07, 6.45) is 0.697. The number of nitrogens with zero attached hydrogens (tertiary/aromatic N) is 2. The van der Waals surface area contributed by atoms with Gasteiger partial charge in [-0.05, 0) is 56.2 Å². The molecule has 0 spiro atoms. The minimum atomic E-state index is -3.72. The fraction of sp³-hybridized carbons (Fsp3) is 0.278. The van der Waals surface area contributed by atoms with Crippen LogP contribution in [0, 0.1) is 6.92 Å². The number of ether oxygens (including phenoxy) is 1. The Hall–Kier alpha value is -2.34. The normalized spacial score (nSPS) is 11.8. The molecule has 2 aromatic carbocycles. The first-order chi connectivity index (χ1) is 11.5. The molecule has 0 unspecified atom stereocenters. The Labute approximate surface area is 142 Å². The van der Waals surface area contributed by atoms with Crippen LogP contribution in [-0.4, -0.2) is 24.0 Å². The van der Waals surface area contributed by atoms with E-state index in [0.717, 1.165) is 11.3 Å². The Balaban J connectivity index is 2.19. The Morgan fingerprint density at radius 2 is 1.88 bits per heavy atom. The van der Waals surface area contributed by atoms with Gasteiger partial charge < -0.3 is 4.74 Å². The molecule has 1 heterocycles. The molecule has 0 N–H and O–H groups in total. The first kappa shape index (κ1) is 16.5. The molecule has 6 heteroatoms. The maximum absolute atomic E-state index is 13.1. The average molecular weight is 344 g/mol. The van der Waals surface area contributed by atoms with E-state index < -0.39 is 10.0 Å². The number of imidazole rings is 1. The summed E-state index contributed by atoms with van der Waals surface area (Å²) in [5, 5.41) is 0. The molecule has 24 heavy (non-hydrogen) atoms. The van der Waals surface area contributed by atoms with Crippen LogP contribution in [0.5, 0.6) is 5.75 Å². The molecule has 0 saturated carbocycles. The van der Waals surface area contributed by atoms with Crippen molar-refractivity contribution in [2.24, 2.45) is 0 Å². The van der Waals surface area contributed by atoms with Crippen LogP contribution in [0.4, 0.5) is 0 Å². The number of aromatic nitrogens is 2. The molecule has 0 aliphatic carbocycles. The van der Waals surface area contributed by atoms with Crippen molar-refractivity contribution >= 4 is 21.1 Å². The molecule has 0 bridgehead atoms. The van der Waals surface area contributed by atoms with E-state index in [4.69, 9.17) is 4.74 Å². The predicted octanol–water partition coefficient (Wildman–Crippen LogP) is 3.54. The number of hydrogen-bond donors (Lipinski definition) is 0. The second kappa shape index (κ2) is 6.28. The highest BCUT2D eigenvalue weighted by Gasteiger charge is 2.23. The number of hydrogen-bond acceptors (Lipinski definition) is 4. The maximum Gasteiger partial charge on any atom is 0.269 e. The third-order valence-corrected chi connectivity index (χ3v) is 5.72. The van der Waals surface area contributed by atoms with Crippen molar-refractivity contribution < 1.29 is 13.2 Å². The number of aryl methyl sites for hydroxylation is 2. The van der Waals surface area contributed by atoms with Gasteiger partial charge in [0.15, 0.2) is 0 Å². The molecule has 5 nitrogen and oxygen atoms in total. The molecule has 0 fully saturated rings. The lowest BCUT2D eigenvalue weighted by atomic mass is 10.1. The average Bonchev–Trinajstić information content (AvgIpc) is 2.91. The monoisotopic (exact) mass is 344 g/mol. The Kier molecular flexibility index (Phi) is 4.32. The van der Waals surface area contributed by atoms with Crippen LogP contribution in [0.25, 0.3) is 11.0 Å². The number of benzene rings is 2. The highest BCUT2D eigenvalue weighted by molar-refractivity contribution is 7.90. The Morgan fingerprint density at radius 3 is 2.58 bits per heavy atom. The summed E-state index contributed by atoms with van der Waals surface area (Å²) >= 11 is 0. The van der Waals surface area contributed by atoms with E-state index in [1.54, 1.807) is 31.2 Å². The summed E-state index contributed by atoms with van der Waals surface area (Å²) in [6.45, 7) is 6.13. The van der Waals surface area contributed by atoms with Gasteiger partial charge in [0.05, 0.1) is 22.5 Å². The van der Waals surface area contributed by atoms with E-state index in [0.29, 0.717) is 29.9 Å². The summed E-state index contributed by atoms with van der Waals surface area (Å²) in [5.41, 5.74) is 2.13. The molecule has 0 amide bonds. The van der Waals surface area contributed by atoms with Gasteiger partial charge in [-0.25, -0.2) is 17.4 Å². The van der Waals surface area contributed by atoms with Crippen molar-refractivity contribution in [1.82, 2.24) is 8.96 Å². The van der Waals surface area contributed by atoms with Gasteiger partial charge in [-0.1, -0.05) is 19.1 Å². The van der Waals surface area contributed by atoms with Crippen molar-refractivity contribution in [3.63, 3.8) is 0 Å². The van der Waals surface area contributed by atoms with Gasteiger partial charge in [0.25, 0.3) is 10.0 Å². The molecule has 3 aromatic rings. The first-order valence-corrected chi connectivity index (χ1v) is 9.38. The summed E-state index contributed by atoms with van der Waals surface area (Å²) < 4.78 is 33.2. The summed E-state index contributed by atoms with van der Waals surface area (Å²) in [4.78, 5) is 4.60. The molecule has 1 aromatic heterocycles. The van der Waals surface area contributed by atoms with Crippen molar-refractivity contribution in [2.75, 3.05) is 6.61 Å². The highest BCUT2D eigenvalue weighted by atomic mass is 32.2. The summed E-state index contributed by atoms with van der Waals surface area (Å²) in [6, 6.07) is 12.2. The van der Waals surface area contributed by atoms with E-state index >= 15 is 0 Å². The predicted molar refractivity (Wildman–Crippen MR) is 94.0 cm³/mol. The van der Waals surface area contributed by atoms with Crippen molar-refractivity contribution in [3.05, 3.63) is 53.9 Å². The topological polar surface area (TPSA) is 61.2 Å². The number of fused-ring (bicyclic) bond motifs is 1. The van der Waals surface area contributed by atoms with Crippen LogP contribution in [0.1, 0.15) is 25.2 Å². The zero-order valence-electron chi connectivity index (χ0n) is 14.0. The molecule has 0 atom stereocenters. The lowest BCUT2D eigenvalue weighted by Gasteiger charge is -2.13. The largest absolute Gasteiger partial charge is 0.494 e. The Morgan fingerprint density at radius 1 is 1.12 bits per heavy atom. The summed E-state index contributed by atoms with van der Waals surface area (Å²) in [5.74, 6) is 1.18. The fourth-order valence-corrected chi connectivity index (χ4v) is 4.37. The lowest BCUT2D eigenvalue weighted by Crippen LogP contribution is -2.15. The summed E-state index contributed by atoms with van der Waals surface area (Å²) in [7, 11) is -3.72. The minimum absolute atomic E-state index is 0.244. The van der Waals surface area contributed by atoms with E-state index in [1.165, 1.54) is 3.97 Å². The van der Waals surface area contributed by atoms with Crippen molar-refractivity contribution in [3.8, 4) is 5.75 Å². The van der Waals surface area contributed by atoms with Gasteiger partial charge >= 0.3 is 0 Å². The van der Waals surface area contributed by atoms with Gasteiger partial charge in [0.2, 0.25) is 0 Å². The molecule has 126 valence electrons. The third-order valence-electron chi connectivity index (χ3n) is 3.93. The van der Waals surface area contributed by atoms with E-state index in [1.807, 2.05) is 32.0 Å². The van der Waals surface area contributed by atoms with Gasteiger partial charge in [0.1, 0.15) is 11.6 Å². The molecular formula is C18H20N2O3S. The Bertz CT molecular complexity index is 991. The van der Waals surface area contributed by atoms with Crippen LogP contribution in [0.3, 0.4) is 0 Å². The molecule has 3 rings (SSSR count). The third kappa shape index (κ3) is 2.67. The van der Waals surface area contributed by atoms with Crippen LogP contribution in [0.15, 0.2) is 47.4 Å². The lowest BCUT2D eigenvalue weighted by molar-refractivity contribution is 0.336. The molecule has 0 radical (unpaired) electrons. The van der Waals surface area contributed by atoms with Gasteiger partial charge in [0, 0.05) is 0 Å². The zero-order chi connectivity index (χ0) is 17.3. The second-order valence-electron chi connectivity index (χ2n) is 5.47. The maximum atomic E-state index is 13.1. The first-order valence-electron chi connectivity index (χ1n) is 7.94. The fourth-order valence-electron chi connectivity index (χ4n) is 2.82. The molecule has 0 saturated heterocycles.